The summed E-state index contributed by atoms with van der Waals surface area (Å²) in [7, 11) is 0. The maximum absolute atomic E-state index is 6.30. The summed E-state index contributed by atoms with van der Waals surface area (Å²) in [6, 6.07) is 14.3. The Kier molecular flexibility index (Phi) is 3.05. The number of pyridine rings is 1. The van der Waals surface area contributed by atoms with Crippen LogP contribution in [0.3, 0.4) is 0 Å². The summed E-state index contributed by atoms with van der Waals surface area (Å²) in [6.07, 6.45) is 7.44. The summed E-state index contributed by atoms with van der Waals surface area (Å²) < 4.78 is 3.78. The molecule has 5 aromatic rings. The molecule has 0 saturated carbocycles. The summed E-state index contributed by atoms with van der Waals surface area (Å²) >= 11 is 0. The van der Waals surface area contributed by atoms with Gasteiger partial charge in [-0.1, -0.05) is 6.07 Å². The predicted molar refractivity (Wildman–Crippen MR) is 102 cm³/mol. The van der Waals surface area contributed by atoms with Crippen molar-refractivity contribution < 1.29 is 0 Å². The molecule has 0 aliphatic carbocycles. The second-order valence-corrected chi connectivity index (χ2v) is 6.28. The fraction of sp³-hybridized carbons (Fsp3) is 0.0500. The van der Waals surface area contributed by atoms with Gasteiger partial charge in [-0.15, -0.1) is 0 Å². The number of aryl methyl sites for hydroxylation is 1. The van der Waals surface area contributed by atoms with Crippen molar-refractivity contribution in [1.82, 2.24) is 24.1 Å². The Balaban J connectivity index is 1.64. The number of hydrogen-bond donors (Lipinski definition) is 1. The predicted octanol–water partition coefficient (Wildman–Crippen LogP) is 3.63. The van der Waals surface area contributed by atoms with Gasteiger partial charge < -0.3 is 10.3 Å². The summed E-state index contributed by atoms with van der Waals surface area (Å²) in [6.45, 7) is 1.98. The lowest BCUT2D eigenvalue weighted by molar-refractivity contribution is 0.954. The van der Waals surface area contributed by atoms with Crippen LogP contribution in [0, 0.1) is 6.92 Å². The lowest BCUT2D eigenvalue weighted by atomic mass is 10.1. The van der Waals surface area contributed by atoms with Crippen LogP contribution in [0.15, 0.2) is 67.3 Å². The summed E-state index contributed by atoms with van der Waals surface area (Å²) in [5.41, 5.74) is 12.1. The van der Waals surface area contributed by atoms with Gasteiger partial charge in [0.25, 0.3) is 0 Å². The smallest absolute Gasteiger partial charge is 0.157 e. The Hall–Kier alpha value is -3.67. The van der Waals surface area contributed by atoms with Crippen molar-refractivity contribution in [1.29, 1.82) is 0 Å². The van der Waals surface area contributed by atoms with E-state index in [1.165, 1.54) is 0 Å². The van der Waals surface area contributed by atoms with Gasteiger partial charge in [-0.25, -0.2) is 4.98 Å². The van der Waals surface area contributed by atoms with Gasteiger partial charge in [0.05, 0.1) is 23.6 Å². The number of nitrogen functional groups attached to an aromatic ring is 1. The van der Waals surface area contributed by atoms with E-state index in [1.807, 2.05) is 25.3 Å². The quantitative estimate of drug-likeness (QED) is 0.532. The molecule has 6 heteroatoms. The maximum Gasteiger partial charge on any atom is 0.157 e. The molecule has 4 aromatic heterocycles. The van der Waals surface area contributed by atoms with Crippen molar-refractivity contribution in [3.63, 3.8) is 0 Å². The number of fused-ring (bicyclic) bond motifs is 2. The number of hydrogen-bond acceptors (Lipinski definition) is 4. The fourth-order valence-electron chi connectivity index (χ4n) is 3.25. The van der Waals surface area contributed by atoms with E-state index in [9.17, 15) is 0 Å². The Morgan fingerprint density at radius 2 is 1.88 bits per heavy atom. The van der Waals surface area contributed by atoms with E-state index in [-0.39, 0.29) is 0 Å². The van der Waals surface area contributed by atoms with Gasteiger partial charge in [-0.2, -0.15) is 9.61 Å². The molecule has 26 heavy (non-hydrogen) atoms. The summed E-state index contributed by atoms with van der Waals surface area (Å²) in [4.78, 5) is 8.81. The summed E-state index contributed by atoms with van der Waals surface area (Å²) in [5, 5.41) is 5.36. The minimum absolute atomic E-state index is 0.585. The highest BCUT2D eigenvalue weighted by atomic mass is 15.3. The van der Waals surface area contributed by atoms with Crippen molar-refractivity contribution in [2.45, 2.75) is 6.92 Å². The standard InChI is InChI=1S/C20H16N6/c1-13-2-4-16(11-22-13)25-9-7-15-10-14(3-5-18(15)25)17-12-23-19-6-8-24-26(19)20(17)21/h2-12H,21H2,1H3. The molecule has 126 valence electrons. The highest BCUT2D eigenvalue weighted by molar-refractivity contribution is 5.88. The van der Waals surface area contributed by atoms with Crippen LogP contribution in [-0.2, 0) is 0 Å². The molecule has 4 heterocycles. The average molecular weight is 340 g/mol. The zero-order chi connectivity index (χ0) is 17.7. The van der Waals surface area contributed by atoms with Gasteiger partial charge in [-0.3, -0.25) is 4.98 Å². The van der Waals surface area contributed by atoms with Gasteiger partial charge in [0, 0.05) is 35.1 Å². The van der Waals surface area contributed by atoms with E-state index in [0.717, 1.165) is 39.1 Å². The molecule has 0 aliphatic rings. The van der Waals surface area contributed by atoms with E-state index in [1.54, 1.807) is 16.9 Å². The minimum Gasteiger partial charge on any atom is -0.383 e. The lowest BCUT2D eigenvalue weighted by Gasteiger charge is -2.09. The maximum atomic E-state index is 6.30. The molecule has 0 radical (unpaired) electrons. The minimum atomic E-state index is 0.585. The zero-order valence-electron chi connectivity index (χ0n) is 14.2. The number of aromatic nitrogens is 5. The highest BCUT2D eigenvalue weighted by Crippen LogP contribution is 2.30. The van der Waals surface area contributed by atoms with Gasteiger partial charge in [0.15, 0.2) is 5.65 Å². The number of nitrogens with zero attached hydrogens (tertiary/aromatic N) is 5. The number of nitrogens with two attached hydrogens (primary N) is 1. The first-order valence-corrected chi connectivity index (χ1v) is 8.33. The third-order valence-corrected chi connectivity index (χ3v) is 4.63. The van der Waals surface area contributed by atoms with Gasteiger partial charge in [0.2, 0.25) is 0 Å². The van der Waals surface area contributed by atoms with Crippen molar-refractivity contribution in [3.05, 3.63) is 72.9 Å². The molecule has 0 amide bonds. The molecule has 0 fully saturated rings. The highest BCUT2D eigenvalue weighted by Gasteiger charge is 2.11. The monoisotopic (exact) mass is 340 g/mol. The molecule has 1 aromatic carbocycles. The molecule has 2 N–H and O–H groups in total. The molecule has 0 atom stereocenters. The van der Waals surface area contributed by atoms with Crippen LogP contribution in [-0.4, -0.2) is 24.1 Å². The molecule has 0 spiro atoms. The van der Waals surface area contributed by atoms with E-state index < -0.39 is 0 Å². The van der Waals surface area contributed by atoms with E-state index in [0.29, 0.717) is 5.82 Å². The zero-order valence-corrected chi connectivity index (χ0v) is 14.2. The Morgan fingerprint density at radius 3 is 2.73 bits per heavy atom. The molecule has 5 rings (SSSR count). The van der Waals surface area contributed by atoms with Crippen LogP contribution in [0.2, 0.25) is 0 Å². The molecular weight excluding hydrogens is 324 g/mol. The normalized spacial score (nSPS) is 11.4. The topological polar surface area (TPSA) is 74.0 Å². The lowest BCUT2D eigenvalue weighted by Crippen LogP contribution is -2.02. The Morgan fingerprint density at radius 1 is 0.962 bits per heavy atom. The van der Waals surface area contributed by atoms with Crippen LogP contribution in [0.25, 0.3) is 33.4 Å². The average Bonchev–Trinajstić information content (AvgIpc) is 3.29. The van der Waals surface area contributed by atoms with Crippen LogP contribution in [0.1, 0.15) is 5.69 Å². The van der Waals surface area contributed by atoms with Crippen LogP contribution < -0.4 is 5.73 Å². The first kappa shape index (κ1) is 14.7. The van der Waals surface area contributed by atoms with Gasteiger partial charge in [-0.05, 0) is 42.8 Å². The third kappa shape index (κ3) is 2.16. The molecular formula is C20H16N6. The molecule has 0 saturated heterocycles. The van der Waals surface area contributed by atoms with Crippen molar-refractivity contribution in [2.24, 2.45) is 0 Å². The number of benzene rings is 1. The molecule has 6 nitrogen and oxygen atoms in total. The number of anilines is 1. The van der Waals surface area contributed by atoms with E-state index in [2.05, 4.69) is 56.2 Å². The second-order valence-electron chi connectivity index (χ2n) is 6.28. The van der Waals surface area contributed by atoms with Crippen LogP contribution in [0.4, 0.5) is 5.82 Å². The molecule has 0 unspecified atom stereocenters. The first-order valence-electron chi connectivity index (χ1n) is 8.33. The summed E-state index contributed by atoms with van der Waals surface area (Å²) in [5.74, 6) is 0.585. The van der Waals surface area contributed by atoms with Crippen molar-refractivity contribution >= 4 is 22.4 Å². The molecule has 0 aliphatic heterocycles. The number of rotatable bonds is 2. The van der Waals surface area contributed by atoms with E-state index in [4.69, 9.17) is 5.73 Å². The van der Waals surface area contributed by atoms with E-state index >= 15 is 0 Å². The van der Waals surface area contributed by atoms with Crippen molar-refractivity contribution in [2.75, 3.05) is 5.73 Å². The van der Waals surface area contributed by atoms with Crippen molar-refractivity contribution in [3.8, 4) is 16.8 Å². The first-order chi connectivity index (χ1) is 12.7. The SMILES string of the molecule is Cc1ccc(-n2ccc3cc(-c4cnc5ccnn5c4N)ccc32)cn1. The Labute approximate surface area is 149 Å². The van der Waals surface area contributed by atoms with Gasteiger partial charge in [0.1, 0.15) is 5.82 Å². The second kappa shape index (κ2) is 5.42. The third-order valence-electron chi connectivity index (χ3n) is 4.63. The molecule has 0 bridgehead atoms. The fourth-order valence-corrected chi connectivity index (χ4v) is 3.25. The van der Waals surface area contributed by atoms with Crippen LogP contribution >= 0.6 is 0 Å². The van der Waals surface area contributed by atoms with Crippen LogP contribution in [0.5, 0.6) is 0 Å². The Bertz CT molecular complexity index is 1250. The largest absolute Gasteiger partial charge is 0.383 e. The van der Waals surface area contributed by atoms with Gasteiger partial charge >= 0.3 is 0 Å².